The Labute approximate surface area is 170 Å². The molecule has 0 bridgehead atoms. The lowest BCUT2D eigenvalue weighted by Gasteiger charge is -2.30. The minimum Gasteiger partial charge on any atom is -0.388 e. The van der Waals surface area contributed by atoms with Crippen LogP contribution in [0.3, 0.4) is 0 Å². The van der Waals surface area contributed by atoms with Crippen LogP contribution in [0, 0.1) is 0 Å². The smallest absolute Gasteiger partial charge is 0.388 e. The highest BCUT2D eigenvalue weighted by atomic mass is 32.2. The second-order valence-corrected chi connectivity index (χ2v) is 8.30. The minimum atomic E-state index is -4.41. The maximum absolute atomic E-state index is 12.6. The molecule has 2 aromatic rings. The van der Waals surface area contributed by atoms with E-state index in [-0.39, 0.29) is 35.7 Å². The molecule has 0 saturated carbocycles. The van der Waals surface area contributed by atoms with Crippen molar-refractivity contribution in [2.75, 3.05) is 0 Å². The van der Waals surface area contributed by atoms with Crippen LogP contribution in [0.15, 0.2) is 47.6 Å². The molecule has 1 atom stereocenters. The zero-order chi connectivity index (χ0) is 21.2. The second kappa shape index (κ2) is 8.16. The van der Waals surface area contributed by atoms with Gasteiger partial charge < -0.3 is 10.4 Å². The molecule has 0 unspecified atom stereocenters. The predicted octanol–water partition coefficient (Wildman–Crippen LogP) is 3.77. The highest BCUT2D eigenvalue weighted by Crippen LogP contribution is 2.36. The maximum Gasteiger partial charge on any atom is 0.447 e. The Balaban J connectivity index is 1.70. The van der Waals surface area contributed by atoms with Gasteiger partial charge in [0.1, 0.15) is 5.04 Å². The first-order chi connectivity index (χ1) is 13.5. The normalized spacial score (nSPS) is 14.9. The number of fused-ring (bicyclic) bond motifs is 1. The Morgan fingerprint density at radius 2 is 1.97 bits per heavy atom. The monoisotopic (exact) mass is 423 g/mol. The molecule has 5 nitrogen and oxygen atoms in total. The van der Waals surface area contributed by atoms with Crippen LogP contribution < -0.4 is 5.32 Å². The molecular weight excluding hydrogens is 403 g/mol. The van der Waals surface area contributed by atoms with E-state index in [9.17, 15) is 23.1 Å². The Bertz CT molecular complexity index is 925. The van der Waals surface area contributed by atoms with Crippen LogP contribution in [0.1, 0.15) is 42.3 Å². The van der Waals surface area contributed by atoms with Crippen molar-refractivity contribution in [1.29, 1.82) is 0 Å². The van der Waals surface area contributed by atoms with E-state index < -0.39 is 17.2 Å². The lowest BCUT2D eigenvalue weighted by Crippen LogP contribution is -2.42. The summed E-state index contributed by atoms with van der Waals surface area (Å²) >= 11 is -0.262. The highest BCUT2D eigenvalue weighted by molar-refractivity contribution is 8.15. The second-order valence-electron chi connectivity index (χ2n) is 7.24. The molecule has 0 spiro atoms. The number of aliphatic imine (C=N–C) groups is 1. The molecule has 154 valence electrons. The molecule has 0 saturated heterocycles. The van der Waals surface area contributed by atoms with E-state index in [0.717, 1.165) is 5.56 Å². The number of carbonyl (C=O) groups excluding carboxylic acids is 1. The Morgan fingerprint density at radius 1 is 1.28 bits per heavy atom. The van der Waals surface area contributed by atoms with Crippen molar-refractivity contribution in [3.63, 3.8) is 0 Å². The van der Waals surface area contributed by atoms with Crippen LogP contribution >= 0.6 is 11.8 Å². The van der Waals surface area contributed by atoms with E-state index in [2.05, 4.69) is 15.3 Å². The van der Waals surface area contributed by atoms with Crippen LogP contribution in [0.5, 0.6) is 0 Å². The predicted molar refractivity (Wildman–Crippen MR) is 105 cm³/mol. The van der Waals surface area contributed by atoms with E-state index >= 15 is 0 Å². The molecule has 1 aromatic carbocycles. The van der Waals surface area contributed by atoms with Gasteiger partial charge in [-0.2, -0.15) is 13.2 Å². The third-order valence-electron chi connectivity index (χ3n) is 4.37. The molecule has 1 aliphatic heterocycles. The van der Waals surface area contributed by atoms with Crippen molar-refractivity contribution >= 4 is 22.7 Å². The first kappa shape index (κ1) is 21.3. The van der Waals surface area contributed by atoms with E-state index in [1.807, 2.05) is 30.3 Å². The van der Waals surface area contributed by atoms with Crippen LogP contribution in [-0.2, 0) is 17.8 Å². The summed E-state index contributed by atoms with van der Waals surface area (Å²) < 4.78 is 37.8. The third kappa shape index (κ3) is 5.57. The number of alkyl halides is 3. The summed E-state index contributed by atoms with van der Waals surface area (Å²) in [6.45, 7) is 3.34. The molecule has 1 amide bonds. The lowest BCUT2D eigenvalue weighted by molar-refractivity contribution is -0.123. The first-order valence-electron chi connectivity index (χ1n) is 8.88. The van der Waals surface area contributed by atoms with Crippen LogP contribution in [0.2, 0.25) is 0 Å². The van der Waals surface area contributed by atoms with Gasteiger partial charge in [-0.25, -0.2) is 0 Å². The molecule has 9 heteroatoms. The fourth-order valence-electron chi connectivity index (χ4n) is 3.10. The number of rotatable bonds is 5. The molecular formula is C20H20F3N3O2S. The van der Waals surface area contributed by atoms with Crippen LogP contribution in [0.25, 0.3) is 0 Å². The fourth-order valence-corrected chi connectivity index (χ4v) is 3.74. The number of pyridine rings is 1. The van der Waals surface area contributed by atoms with E-state index in [1.54, 1.807) is 19.9 Å². The number of halogens is 3. The van der Waals surface area contributed by atoms with Crippen molar-refractivity contribution in [3.8, 4) is 0 Å². The number of hydrogen-bond acceptors (Lipinski definition) is 5. The average molecular weight is 423 g/mol. The molecule has 0 fully saturated rings. The van der Waals surface area contributed by atoms with Gasteiger partial charge >= 0.3 is 5.51 Å². The molecule has 1 aliphatic rings. The number of aromatic nitrogens is 1. The molecule has 2 heterocycles. The largest absolute Gasteiger partial charge is 0.447 e. The summed E-state index contributed by atoms with van der Waals surface area (Å²) in [5.41, 5.74) is -3.47. The summed E-state index contributed by atoms with van der Waals surface area (Å²) in [4.78, 5) is 20.6. The number of thioether (sulfide) groups is 1. The van der Waals surface area contributed by atoms with Crippen molar-refractivity contribution < 1.29 is 23.1 Å². The summed E-state index contributed by atoms with van der Waals surface area (Å²) in [5.74, 6) is -0.350. The van der Waals surface area contributed by atoms with Gasteiger partial charge in [-0.1, -0.05) is 30.3 Å². The molecule has 2 N–H and O–H groups in total. The summed E-state index contributed by atoms with van der Waals surface area (Å²) in [5, 5.41) is 13.2. The van der Waals surface area contributed by atoms with Gasteiger partial charge in [0, 0.05) is 23.5 Å². The number of nitrogens with one attached hydrogen (secondary N) is 1. The summed E-state index contributed by atoms with van der Waals surface area (Å²) in [6, 6.07) is 10.1. The van der Waals surface area contributed by atoms with Crippen LogP contribution in [-0.4, -0.2) is 32.2 Å². The minimum absolute atomic E-state index is 0.0611. The van der Waals surface area contributed by atoms with Gasteiger partial charge in [0.15, 0.2) is 0 Å². The SMILES string of the molecule is CC(C)(O)[C@@H](NC(=O)Cc1cc2c(cn1)C(SC(F)(F)F)=NC2)c1ccccc1. The van der Waals surface area contributed by atoms with Gasteiger partial charge in [-0.05, 0) is 31.0 Å². The Morgan fingerprint density at radius 3 is 2.59 bits per heavy atom. The Kier molecular flexibility index (Phi) is 6.00. The number of aliphatic hydroxyl groups is 1. The lowest BCUT2D eigenvalue weighted by atomic mass is 9.91. The quantitative estimate of drug-likeness (QED) is 0.768. The number of benzene rings is 1. The van der Waals surface area contributed by atoms with E-state index in [1.165, 1.54) is 6.20 Å². The molecule has 0 aliphatic carbocycles. The highest BCUT2D eigenvalue weighted by Gasteiger charge is 2.34. The average Bonchev–Trinajstić information content (AvgIpc) is 3.00. The topological polar surface area (TPSA) is 74.6 Å². The van der Waals surface area contributed by atoms with Crippen molar-refractivity contribution in [1.82, 2.24) is 10.3 Å². The van der Waals surface area contributed by atoms with E-state index in [4.69, 9.17) is 0 Å². The van der Waals surface area contributed by atoms with Crippen molar-refractivity contribution in [2.24, 2.45) is 4.99 Å². The van der Waals surface area contributed by atoms with Crippen molar-refractivity contribution in [2.45, 2.75) is 44.0 Å². The molecule has 0 radical (unpaired) electrons. The summed E-state index contributed by atoms with van der Waals surface area (Å²) in [7, 11) is 0. The zero-order valence-corrected chi connectivity index (χ0v) is 16.6. The van der Waals surface area contributed by atoms with Crippen LogP contribution in [0.4, 0.5) is 13.2 Å². The number of amides is 1. The molecule has 3 rings (SSSR count). The van der Waals surface area contributed by atoms with Crippen molar-refractivity contribution in [3.05, 3.63) is 65.0 Å². The zero-order valence-electron chi connectivity index (χ0n) is 15.8. The number of hydrogen-bond donors (Lipinski definition) is 2. The van der Waals surface area contributed by atoms with Gasteiger partial charge in [0.25, 0.3) is 0 Å². The standard InChI is InChI=1S/C20H20F3N3O2S/c1-19(2,28)17(12-6-4-3-5-7-12)26-16(27)9-14-8-13-10-25-18(15(13)11-24-14)29-20(21,22)23/h3-8,11,17,28H,9-10H2,1-2H3,(H,26,27)/t17-/m0/s1. The van der Waals surface area contributed by atoms with Gasteiger partial charge in [-0.15, -0.1) is 0 Å². The molecule has 29 heavy (non-hydrogen) atoms. The number of carbonyl (C=O) groups is 1. The first-order valence-corrected chi connectivity index (χ1v) is 9.69. The van der Waals surface area contributed by atoms with Gasteiger partial charge in [-0.3, -0.25) is 14.8 Å². The number of nitrogens with zero attached hydrogens (tertiary/aromatic N) is 2. The molecule has 1 aromatic heterocycles. The van der Waals surface area contributed by atoms with Gasteiger partial charge in [0.2, 0.25) is 5.91 Å². The Hall–Kier alpha value is -2.39. The third-order valence-corrected chi connectivity index (χ3v) is 5.14. The fraction of sp³-hybridized carbons (Fsp3) is 0.350. The maximum atomic E-state index is 12.6. The van der Waals surface area contributed by atoms with Gasteiger partial charge in [0.05, 0.1) is 30.3 Å². The summed E-state index contributed by atoms with van der Waals surface area (Å²) in [6.07, 6.45) is 1.27. The van der Waals surface area contributed by atoms with E-state index in [0.29, 0.717) is 16.8 Å².